The number of hydrogen-bond donors (Lipinski definition) is 2. The minimum atomic E-state index is -4.68. The van der Waals surface area contributed by atoms with Crippen molar-refractivity contribution in [3.63, 3.8) is 0 Å². The van der Waals surface area contributed by atoms with Gasteiger partial charge in [0.15, 0.2) is 5.82 Å². The predicted octanol–water partition coefficient (Wildman–Crippen LogP) is 6.95. The van der Waals surface area contributed by atoms with E-state index in [9.17, 15) is 32.3 Å². The van der Waals surface area contributed by atoms with E-state index in [1.807, 2.05) is 0 Å². The first-order valence-electron chi connectivity index (χ1n) is 12.0. The molecule has 0 radical (unpaired) electrons. The van der Waals surface area contributed by atoms with Gasteiger partial charge in [0.25, 0.3) is 5.91 Å². The van der Waals surface area contributed by atoms with E-state index in [1.54, 1.807) is 0 Å². The number of halogens is 5. The Labute approximate surface area is 234 Å². The predicted molar refractivity (Wildman–Crippen MR) is 139 cm³/mol. The highest BCUT2D eigenvalue weighted by Gasteiger charge is 2.31. The SMILES string of the molecule is O=C(Nc1ccc(-c2ccc(C(F)(F)F)cc2F)nn1)c1ccc(Oc2cc3c(cc2Cl)C(C(=O)O)CCO3)cc1. The molecule has 0 saturated carbocycles. The van der Waals surface area contributed by atoms with Crippen molar-refractivity contribution in [1.82, 2.24) is 10.2 Å². The van der Waals surface area contributed by atoms with E-state index in [1.165, 1.54) is 48.5 Å². The van der Waals surface area contributed by atoms with Gasteiger partial charge in [0.2, 0.25) is 0 Å². The van der Waals surface area contributed by atoms with Crippen LogP contribution in [-0.4, -0.2) is 33.8 Å². The maximum Gasteiger partial charge on any atom is 0.416 e. The highest BCUT2D eigenvalue weighted by molar-refractivity contribution is 6.32. The molecule has 0 aliphatic carbocycles. The van der Waals surface area contributed by atoms with Gasteiger partial charge in [-0.25, -0.2) is 4.39 Å². The lowest BCUT2D eigenvalue weighted by atomic mass is 9.93. The van der Waals surface area contributed by atoms with Crippen molar-refractivity contribution in [3.05, 3.63) is 94.3 Å². The van der Waals surface area contributed by atoms with Crippen LogP contribution in [-0.2, 0) is 11.0 Å². The number of carbonyl (C=O) groups excluding carboxylic acids is 1. The van der Waals surface area contributed by atoms with Gasteiger partial charge in [-0.3, -0.25) is 9.59 Å². The minimum absolute atomic E-state index is 0.0135. The molecule has 8 nitrogen and oxygen atoms in total. The summed E-state index contributed by atoms with van der Waals surface area (Å²) in [7, 11) is 0. The molecule has 5 rings (SSSR count). The summed E-state index contributed by atoms with van der Waals surface area (Å²) in [6.07, 6.45) is -4.35. The fourth-order valence-corrected chi connectivity index (χ4v) is 4.37. The van der Waals surface area contributed by atoms with Crippen molar-refractivity contribution in [2.45, 2.75) is 18.5 Å². The molecule has 13 heteroatoms. The number of aliphatic carboxylic acids is 1. The van der Waals surface area contributed by atoms with Crippen LogP contribution in [0.4, 0.5) is 23.4 Å². The number of nitrogens with one attached hydrogen (secondary N) is 1. The number of alkyl halides is 3. The first-order valence-corrected chi connectivity index (χ1v) is 12.4. The number of benzene rings is 3. The molecule has 4 aromatic rings. The van der Waals surface area contributed by atoms with Gasteiger partial charge in [-0.15, -0.1) is 10.2 Å². The number of nitrogens with zero attached hydrogens (tertiary/aromatic N) is 2. The average Bonchev–Trinajstić information content (AvgIpc) is 2.93. The minimum Gasteiger partial charge on any atom is -0.493 e. The van der Waals surface area contributed by atoms with Crippen molar-refractivity contribution < 1.29 is 41.7 Å². The first kappa shape index (κ1) is 27.8. The summed E-state index contributed by atoms with van der Waals surface area (Å²) < 4.78 is 63.9. The fraction of sp³-hybridized carbons (Fsp3) is 0.143. The summed E-state index contributed by atoms with van der Waals surface area (Å²) in [6, 6.07) is 13.8. The van der Waals surface area contributed by atoms with E-state index in [-0.39, 0.29) is 40.0 Å². The molecule has 0 spiro atoms. The molecular formula is C28H18ClF4N3O5. The Bertz CT molecular complexity index is 1630. The molecular weight excluding hydrogens is 570 g/mol. The van der Waals surface area contributed by atoms with Crippen molar-refractivity contribution in [2.75, 3.05) is 11.9 Å². The number of ether oxygens (including phenoxy) is 2. The molecule has 41 heavy (non-hydrogen) atoms. The molecule has 210 valence electrons. The zero-order chi connectivity index (χ0) is 29.3. The van der Waals surface area contributed by atoms with Gasteiger partial charge in [0.05, 0.1) is 28.8 Å². The van der Waals surface area contributed by atoms with E-state index < -0.39 is 35.4 Å². The monoisotopic (exact) mass is 587 g/mol. The molecule has 1 atom stereocenters. The number of carboxylic acids is 1. The number of carboxylic acid groups (broad SMARTS) is 1. The Morgan fingerprint density at radius 3 is 2.41 bits per heavy atom. The van der Waals surface area contributed by atoms with Crippen LogP contribution >= 0.6 is 11.6 Å². The van der Waals surface area contributed by atoms with Gasteiger partial charge in [-0.2, -0.15) is 13.2 Å². The van der Waals surface area contributed by atoms with Gasteiger partial charge < -0.3 is 19.9 Å². The second kappa shape index (κ2) is 11.0. The Balaban J connectivity index is 1.24. The number of carbonyl (C=O) groups is 2. The lowest BCUT2D eigenvalue weighted by Gasteiger charge is -2.24. The molecule has 0 bridgehead atoms. The van der Waals surface area contributed by atoms with Crippen molar-refractivity contribution in [3.8, 4) is 28.5 Å². The van der Waals surface area contributed by atoms with Gasteiger partial charge in [-0.05, 0) is 67.1 Å². The summed E-state index contributed by atoms with van der Waals surface area (Å²) in [4.78, 5) is 24.2. The molecule has 1 unspecified atom stereocenters. The van der Waals surface area contributed by atoms with Crippen molar-refractivity contribution >= 4 is 29.3 Å². The van der Waals surface area contributed by atoms with E-state index in [0.717, 1.165) is 12.1 Å². The van der Waals surface area contributed by atoms with Crippen LogP contribution in [0.2, 0.25) is 5.02 Å². The van der Waals surface area contributed by atoms with Crippen LogP contribution in [0.3, 0.4) is 0 Å². The van der Waals surface area contributed by atoms with Gasteiger partial charge in [0, 0.05) is 22.8 Å². The lowest BCUT2D eigenvalue weighted by molar-refractivity contribution is -0.139. The van der Waals surface area contributed by atoms with Crippen molar-refractivity contribution in [1.29, 1.82) is 0 Å². The quantitative estimate of drug-likeness (QED) is 0.235. The normalized spacial score (nSPS) is 14.5. The highest BCUT2D eigenvalue weighted by Crippen LogP contribution is 2.42. The van der Waals surface area contributed by atoms with E-state index in [4.69, 9.17) is 21.1 Å². The topological polar surface area (TPSA) is 111 Å². The first-order chi connectivity index (χ1) is 19.5. The maximum atomic E-state index is 14.2. The van der Waals surface area contributed by atoms with Crippen LogP contribution in [0.15, 0.2) is 66.7 Å². The summed E-state index contributed by atoms with van der Waals surface area (Å²) in [6.45, 7) is 0.244. The number of anilines is 1. The van der Waals surface area contributed by atoms with E-state index in [2.05, 4.69) is 15.5 Å². The summed E-state index contributed by atoms with van der Waals surface area (Å²) in [5.41, 5.74) is -0.609. The van der Waals surface area contributed by atoms with Crippen LogP contribution in [0.1, 0.15) is 33.8 Å². The zero-order valence-corrected chi connectivity index (χ0v) is 21.5. The smallest absolute Gasteiger partial charge is 0.416 e. The Morgan fingerprint density at radius 2 is 1.78 bits per heavy atom. The molecule has 2 N–H and O–H groups in total. The summed E-state index contributed by atoms with van der Waals surface area (Å²) in [5, 5.41) is 19.8. The summed E-state index contributed by atoms with van der Waals surface area (Å²) in [5.74, 6) is -2.36. The number of fused-ring (bicyclic) bond motifs is 1. The van der Waals surface area contributed by atoms with Crippen LogP contribution in [0.25, 0.3) is 11.3 Å². The molecule has 1 aromatic heterocycles. The van der Waals surface area contributed by atoms with Crippen molar-refractivity contribution in [2.24, 2.45) is 0 Å². The zero-order valence-electron chi connectivity index (χ0n) is 20.7. The maximum absolute atomic E-state index is 14.2. The fourth-order valence-electron chi connectivity index (χ4n) is 4.16. The highest BCUT2D eigenvalue weighted by atomic mass is 35.5. The van der Waals surface area contributed by atoms with Gasteiger partial charge >= 0.3 is 12.1 Å². The molecule has 1 aliphatic rings. The molecule has 1 amide bonds. The summed E-state index contributed by atoms with van der Waals surface area (Å²) >= 11 is 6.32. The average molecular weight is 588 g/mol. The third kappa shape index (κ3) is 6.07. The molecule has 0 saturated heterocycles. The standard InChI is InChI=1S/C28H18ClF4N3O5/c29-20-12-19-17(27(38)39)9-10-40-23(19)13-24(20)41-16-4-1-14(2-5-16)26(37)34-25-8-7-22(35-36-25)18-6-3-15(11-21(18)30)28(31,32)33/h1-8,11-13,17H,9-10H2,(H,38,39)(H,34,36,37). The Morgan fingerprint density at radius 1 is 1.02 bits per heavy atom. The lowest BCUT2D eigenvalue weighted by Crippen LogP contribution is -2.20. The third-order valence-corrected chi connectivity index (χ3v) is 6.52. The van der Waals surface area contributed by atoms with Crippen LogP contribution < -0.4 is 14.8 Å². The number of amides is 1. The Kier molecular flexibility index (Phi) is 7.50. The molecule has 1 aliphatic heterocycles. The van der Waals surface area contributed by atoms with E-state index >= 15 is 0 Å². The Hall–Kier alpha value is -4.71. The molecule has 3 aromatic carbocycles. The van der Waals surface area contributed by atoms with Crippen LogP contribution in [0.5, 0.6) is 17.2 Å². The number of rotatable bonds is 6. The molecule has 2 heterocycles. The second-order valence-corrected chi connectivity index (χ2v) is 9.33. The van der Waals surface area contributed by atoms with E-state index in [0.29, 0.717) is 29.5 Å². The van der Waals surface area contributed by atoms with Crippen LogP contribution in [0, 0.1) is 5.82 Å². The van der Waals surface area contributed by atoms with Gasteiger partial charge in [0.1, 0.15) is 23.1 Å². The third-order valence-electron chi connectivity index (χ3n) is 6.22. The molecule has 0 fully saturated rings. The second-order valence-electron chi connectivity index (χ2n) is 8.93. The number of hydrogen-bond acceptors (Lipinski definition) is 6. The number of aromatic nitrogens is 2. The van der Waals surface area contributed by atoms with Gasteiger partial charge in [-0.1, -0.05) is 11.6 Å². The largest absolute Gasteiger partial charge is 0.493 e.